The molecule has 3 nitrogen and oxygen atoms in total. The number of aryl methyl sites for hydroxylation is 1. The van der Waals surface area contributed by atoms with Gasteiger partial charge in [-0.15, -0.1) is 0 Å². The summed E-state index contributed by atoms with van der Waals surface area (Å²) in [6, 6.07) is 9.98. The molecule has 9 heteroatoms. The Labute approximate surface area is 186 Å². The Balaban J connectivity index is 1.94. The van der Waals surface area contributed by atoms with E-state index in [-0.39, 0.29) is 17.4 Å². The van der Waals surface area contributed by atoms with Crippen molar-refractivity contribution >= 4 is 0 Å². The van der Waals surface area contributed by atoms with E-state index in [4.69, 9.17) is 0 Å². The monoisotopic (exact) mass is 469 g/mol. The zero-order valence-corrected chi connectivity index (χ0v) is 17.4. The largest absolute Gasteiger partial charge is 0.435 e. The van der Waals surface area contributed by atoms with E-state index in [2.05, 4.69) is 9.47 Å². The number of benzene rings is 3. The Morgan fingerprint density at radius 2 is 1.55 bits per heavy atom. The molecule has 0 saturated heterocycles. The molecule has 0 fully saturated rings. The minimum Gasteiger partial charge on any atom is -0.435 e. The van der Waals surface area contributed by atoms with E-state index in [1.807, 2.05) is 6.92 Å². The Bertz CT molecular complexity index is 1080. The van der Waals surface area contributed by atoms with Gasteiger partial charge in [0.05, 0.1) is 5.56 Å². The number of rotatable bonds is 9. The normalized spacial score (nSPS) is 11.6. The SMILES string of the molecule is CCCCc1ccc(-c2c([O])cc(F)c(C(F)(F)Oc3ccc(OC(F)F)cc3)c2F)cc1. The smallest absolute Gasteiger partial charge is 0.432 e. The molecule has 0 heterocycles. The molecule has 0 atom stereocenters. The van der Waals surface area contributed by atoms with E-state index in [9.17, 15) is 27.1 Å². The maximum atomic E-state index is 15.1. The topological polar surface area (TPSA) is 38.4 Å². The van der Waals surface area contributed by atoms with Crippen LogP contribution in [0.25, 0.3) is 11.1 Å². The van der Waals surface area contributed by atoms with Crippen LogP contribution in [0.1, 0.15) is 30.9 Å². The van der Waals surface area contributed by atoms with Gasteiger partial charge in [0.1, 0.15) is 22.9 Å². The maximum Gasteiger partial charge on any atom is 0.432 e. The fraction of sp³-hybridized carbons (Fsp3) is 0.250. The Morgan fingerprint density at radius 1 is 0.939 bits per heavy atom. The van der Waals surface area contributed by atoms with Crippen LogP contribution >= 0.6 is 0 Å². The van der Waals surface area contributed by atoms with Gasteiger partial charge < -0.3 is 9.47 Å². The quantitative estimate of drug-likeness (QED) is 0.299. The molecule has 0 N–H and O–H groups in total. The molecule has 3 aromatic rings. The summed E-state index contributed by atoms with van der Waals surface area (Å²) in [6.07, 6.45) is -1.88. The second kappa shape index (κ2) is 10.1. The van der Waals surface area contributed by atoms with Crippen LogP contribution in [-0.4, -0.2) is 6.61 Å². The van der Waals surface area contributed by atoms with Gasteiger partial charge in [0.25, 0.3) is 0 Å². The summed E-state index contributed by atoms with van der Waals surface area (Å²) in [6.45, 7) is -1.10. The van der Waals surface area contributed by atoms with Crippen molar-refractivity contribution in [2.24, 2.45) is 0 Å². The van der Waals surface area contributed by atoms with Crippen molar-refractivity contribution in [3.8, 4) is 28.4 Å². The lowest BCUT2D eigenvalue weighted by molar-refractivity contribution is -0.189. The van der Waals surface area contributed by atoms with Crippen molar-refractivity contribution in [1.82, 2.24) is 0 Å². The summed E-state index contributed by atoms with van der Waals surface area (Å²) < 4.78 is 91.9. The van der Waals surface area contributed by atoms with Gasteiger partial charge in [0, 0.05) is 6.07 Å². The molecule has 0 aliphatic carbocycles. The molecule has 0 aromatic heterocycles. The van der Waals surface area contributed by atoms with Gasteiger partial charge in [-0.2, -0.15) is 17.6 Å². The standard InChI is InChI=1S/C24H19F6O3/c1-2-3-4-14-5-7-15(8-6-14)20-19(31)13-18(25)21(22(20)26)24(29,30)33-17-11-9-16(10-12-17)32-23(27)28/h5-13,23H,2-4H2,1H3. The Kier molecular flexibility index (Phi) is 7.40. The number of unbranched alkanes of at least 4 members (excludes halogenated alkanes) is 1. The average molecular weight is 469 g/mol. The van der Waals surface area contributed by atoms with Crippen LogP contribution in [-0.2, 0) is 17.6 Å². The lowest BCUT2D eigenvalue weighted by Crippen LogP contribution is -2.25. The highest BCUT2D eigenvalue weighted by Gasteiger charge is 2.43. The minimum absolute atomic E-state index is 0.0169. The van der Waals surface area contributed by atoms with E-state index in [1.165, 1.54) is 12.1 Å². The molecule has 0 bridgehead atoms. The molecular weight excluding hydrogens is 450 g/mol. The first-order valence-electron chi connectivity index (χ1n) is 10.0. The van der Waals surface area contributed by atoms with Crippen LogP contribution in [0.4, 0.5) is 26.3 Å². The van der Waals surface area contributed by atoms with E-state index in [0.29, 0.717) is 0 Å². The van der Waals surface area contributed by atoms with Crippen molar-refractivity contribution in [2.75, 3.05) is 0 Å². The molecular formula is C24H19F6O3. The van der Waals surface area contributed by atoms with E-state index in [0.717, 1.165) is 49.1 Å². The number of ether oxygens (including phenoxy) is 2. The van der Waals surface area contributed by atoms with Gasteiger partial charge in [-0.3, -0.25) is 5.11 Å². The zero-order valence-electron chi connectivity index (χ0n) is 17.4. The van der Waals surface area contributed by atoms with Crippen LogP contribution in [0, 0.1) is 11.6 Å². The summed E-state index contributed by atoms with van der Waals surface area (Å²) >= 11 is 0. The van der Waals surface area contributed by atoms with Crippen LogP contribution in [0.15, 0.2) is 54.6 Å². The van der Waals surface area contributed by atoms with Crippen LogP contribution < -0.4 is 9.47 Å². The average Bonchev–Trinajstić information content (AvgIpc) is 2.73. The maximum absolute atomic E-state index is 15.1. The van der Waals surface area contributed by atoms with Crippen molar-refractivity contribution in [1.29, 1.82) is 0 Å². The van der Waals surface area contributed by atoms with Crippen molar-refractivity contribution in [2.45, 2.75) is 38.9 Å². The first-order valence-corrected chi connectivity index (χ1v) is 10.0. The third kappa shape index (κ3) is 5.71. The first-order chi connectivity index (χ1) is 15.6. The fourth-order valence-corrected chi connectivity index (χ4v) is 3.24. The highest BCUT2D eigenvalue weighted by atomic mass is 19.3. The summed E-state index contributed by atoms with van der Waals surface area (Å²) in [5, 5.41) is 12.2. The molecule has 0 amide bonds. The van der Waals surface area contributed by atoms with Crippen molar-refractivity contribution < 1.29 is 40.9 Å². The first kappa shape index (κ1) is 24.3. The third-order valence-electron chi connectivity index (χ3n) is 4.83. The number of halogens is 6. The molecule has 3 aromatic carbocycles. The van der Waals surface area contributed by atoms with E-state index in [1.54, 1.807) is 12.1 Å². The molecule has 3 rings (SSSR count). The van der Waals surface area contributed by atoms with E-state index < -0.39 is 47.0 Å². The van der Waals surface area contributed by atoms with Gasteiger partial charge in [-0.25, -0.2) is 8.78 Å². The van der Waals surface area contributed by atoms with Gasteiger partial charge in [0.15, 0.2) is 11.6 Å². The Morgan fingerprint density at radius 3 is 2.12 bits per heavy atom. The summed E-state index contributed by atoms with van der Waals surface area (Å²) in [7, 11) is 0. The molecule has 0 saturated carbocycles. The lowest BCUT2D eigenvalue weighted by atomic mass is 9.97. The number of alkyl halides is 4. The molecule has 0 aliphatic rings. The second-order valence-electron chi connectivity index (χ2n) is 7.19. The van der Waals surface area contributed by atoms with Crippen molar-refractivity contribution in [3.05, 3.63) is 77.4 Å². The molecule has 33 heavy (non-hydrogen) atoms. The minimum atomic E-state index is -4.51. The number of hydrogen-bond acceptors (Lipinski definition) is 2. The summed E-state index contributed by atoms with van der Waals surface area (Å²) in [4.78, 5) is 0. The Hall–Kier alpha value is -3.36. The van der Waals surface area contributed by atoms with Crippen molar-refractivity contribution in [3.63, 3.8) is 0 Å². The highest BCUT2D eigenvalue weighted by molar-refractivity contribution is 5.72. The van der Waals surface area contributed by atoms with Gasteiger partial charge in [-0.1, -0.05) is 37.6 Å². The second-order valence-corrected chi connectivity index (χ2v) is 7.19. The van der Waals surface area contributed by atoms with Gasteiger partial charge in [-0.05, 0) is 48.2 Å². The van der Waals surface area contributed by atoms with E-state index >= 15 is 4.39 Å². The van der Waals surface area contributed by atoms with Crippen LogP contribution in [0.2, 0.25) is 0 Å². The highest BCUT2D eigenvalue weighted by Crippen LogP contribution is 2.42. The van der Waals surface area contributed by atoms with Gasteiger partial charge >= 0.3 is 12.7 Å². The fourth-order valence-electron chi connectivity index (χ4n) is 3.24. The van der Waals surface area contributed by atoms with Gasteiger partial charge in [0.2, 0.25) is 0 Å². The molecule has 0 spiro atoms. The zero-order chi connectivity index (χ0) is 24.2. The molecule has 175 valence electrons. The predicted octanol–water partition coefficient (Wildman–Crippen LogP) is 7.85. The van der Waals surface area contributed by atoms with Crippen LogP contribution in [0.3, 0.4) is 0 Å². The molecule has 0 unspecified atom stereocenters. The predicted molar refractivity (Wildman–Crippen MR) is 108 cm³/mol. The summed E-state index contributed by atoms with van der Waals surface area (Å²) in [5.74, 6) is -5.50. The molecule has 1 radical (unpaired) electrons. The lowest BCUT2D eigenvalue weighted by Gasteiger charge is -2.21. The molecule has 0 aliphatic heterocycles. The number of hydrogen-bond donors (Lipinski definition) is 0. The third-order valence-corrected chi connectivity index (χ3v) is 4.83. The summed E-state index contributed by atoms with van der Waals surface area (Å²) in [5.41, 5.74) is -1.51. The van der Waals surface area contributed by atoms with Crippen LogP contribution in [0.5, 0.6) is 17.2 Å².